The number of halogens is 3. The molecule has 9 heteroatoms. The third-order valence-corrected chi connectivity index (χ3v) is 2.12. The number of hydrogen-bond donors (Lipinski definition) is 3. The number of nitrogens with one attached hydrogen (secondary N) is 2. The maximum Gasteiger partial charge on any atom is 0.387 e. The summed E-state index contributed by atoms with van der Waals surface area (Å²) in [4.78, 5) is 0. The summed E-state index contributed by atoms with van der Waals surface area (Å²) < 4.78 is 28.7. The number of nitrogens with zero attached hydrogens (tertiary/aromatic N) is 2. The van der Waals surface area contributed by atoms with Gasteiger partial charge in [-0.3, -0.25) is 10.8 Å². The largest absolute Gasteiger partial charge is 0.431 e. The van der Waals surface area contributed by atoms with Gasteiger partial charge in [-0.25, -0.2) is 0 Å². The Hall–Kier alpha value is -2.40. The highest BCUT2D eigenvalue weighted by Gasteiger charge is 2.13. The van der Waals surface area contributed by atoms with Crippen molar-refractivity contribution in [2.45, 2.75) is 6.61 Å². The molecule has 0 spiro atoms. The molecule has 6 nitrogen and oxygen atoms in total. The van der Waals surface area contributed by atoms with Crippen LogP contribution in [-0.2, 0) is 0 Å². The van der Waals surface area contributed by atoms with Gasteiger partial charge in [-0.15, -0.1) is 0 Å². The molecule has 0 aliphatic rings. The van der Waals surface area contributed by atoms with Gasteiger partial charge in [-0.1, -0.05) is 17.7 Å². The van der Waals surface area contributed by atoms with Gasteiger partial charge in [0, 0.05) is 0 Å². The number of alkyl halides is 2. The lowest BCUT2D eigenvalue weighted by molar-refractivity contribution is -0.0493. The van der Waals surface area contributed by atoms with Crippen LogP contribution < -0.4 is 15.9 Å². The molecule has 0 radical (unpaired) electrons. The van der Waals surface area contributed by atoms with E-state index in [0.717, 1.165) is 0 Å². The third kappa shape index (κ3) is 4.08. The van der Waals surface area contributed by atoms with Crippen LogP contribution in [0.2, 0.25) is 5.02 Å². The van der Waals surface area contributed by atoms with Crippen molar-refractivity contribution in [3.8, 4) is 11.8 Å². The van der Waals surface area contributed by atoms with Crippen molar-refractivity contribution in [2.75, 3.05) is 5.43 Å². The van der Waals surface area contributed by atoms with Crippen LogP contribution in [-0.4, -0.2) is 18.2 Å². The number of nitrogens with two attached hydrogens (primary N) is 1. The Labute approximate surface area is 111 Å². The van der Waals surface area contributed by atoms with E-state index in [0.29, 0.717) is 0 Å². The molecule has 0 saturated carbocycles. The van der Waals surface area contributed by atoms with Gasteiger partial charge in [0.05, 0.1) is 10.7 Å². The second-order valence-corrected chi connectivity index (χ2v) is 3.50. The summed E-state index contributed by atoms with van der Waals surface area (Å²) in [6, 6.07) is 5.75. The first-order valence-corrected chi connectivity index (χ1v) is 5.15. The van der Waals surface area contributed by atoms with E-state index in [1.807, 2.05) is 0 Å². The lowest BCUT2D eigenvalue weighted by Crippen LogP contribution is -2.22. The second-order valence-electron chi connectivity index (χ2n) is 3.09. The Morgan fingerprint density at radius 2 is 2.26 bits per heavy atom. The Bertz CT molecular complexity index is 555. The highest BCUT2D eigenvalue weighted by Crippen LogP contribution is 2.34. The van der Waals surface area contributed by atoms with E-state index < -0.39 is 18.2 Å². The lowest BCUT2D eigenvalue weighted by atomic mass is 10.3. The molecule has 0 unspecified atom stereocenters. The number of benzene rings is 1. The van der Waals surface area contributed by atoms with Gasteiger partial charge in [-0.2, -0.15) is 19.1 Å². The summed E-state index contributed by atoms with van der Waals surface area (Å²) in [5.74, 6) is -0.878. The number of anilines is 1. The lowest BCUT2D eigenvalue weighted by Gasteiger charge is -2.11. The maximum atomic E-state index is 12.2. The molecule has 0 heterocycles. The van der Waals surface area contributed by atoms with Crippen molar-refractivity contribution in [3.63, 3.8) is 0 Å². The number of nitriles is 1. The molecule has 0 fully saturated rings. The second kappa shape index (κ2) is 6.51. The normalized spacial score (nSPS) is 11.0. The van der Waals surface area contributed by atoms with Crippen molar-refractivity contribution >= 4 is 28.8 Å². The Morgan fingerprint density at radius 3 is 2.79 bits per heavy atom. The molecular formula is C10H8ClF2N5O. The van der Waals surface area contributed by atoms with Crippen molar-refractivity contribution in [2.24, 2.45) is 10.8 Å². The van der Waals surface area contributed by atoms with Crippen LogP contribution in [0.5, 0.6) is 5.75 Å². The number of hydrogen-bond acceptors (Lipinski definition) is 5. The maximum absolute atomic E-state index is 12.2. The standard InChI is InChI=1S/C10H8ClF2N5O/c11-5-2-1-3-6(8(5)19-10(12)13)17-18-7(4-14)9(15)16/h1-3,10,17H,(H3,15,16)/b18-7+. The summed E-state index contributed by atoms with van der Waals surface area (Å²) in [7, 11) is 0. The molecule has 0 aromatic heterocycles. The third-order valence-electron chi connectivity index (χ3n) is 1.82. The summed E-state index contributed by atoms with van der Waals surface area (Å²) in [6.07, 6.45) is 0. The fourth-order valence-electron chi connectivity index (χ4n) is 1.07. The predicted molar refractivity (Wildman–Crippen MR) is 66.7 cm³/mol. The number of para-hydroxylation sites is 1. The fourth-order valence-corrected chi connectivity index (χ4v) is 1.29. The average molecular weight is 288 g/mol. The molecule has 0 bridgehead atoms. The van der Waals surface area contributed by atoms with Crippen molar-refractivity contribution < 1.29 is 13.5 Å². The molecule has 1 rings (SSSR count). The molecule has 0 amide bonds. The van der Waals surface area contributed by atoms with E-state index in [9.17, 15) is 8.78 Å². The molecule has 100 valence electrons. The Kier molecular flexibility index (Phi) is 5.02. The zero-order chi connectivity index (χ0) is 14.4. The van der Waals surface area contributed by atoms with Crippen LogP contribution in [0.4, 0.5) is 14.5 Å². The van der Waals surface area contributed by atoms with E-state index in [1.54, 1.807) is 6.07 Å². The minimum atomic E-state index is -3.06. The highest BCUT2D eigenvalue weighted by atomic mass is 35.5. The van der Waals surface area contributed by atoms with Gasteiger partial charge in [0.1, 0.15) is 6.07 Å². The molecule has 1 aromatic carbocycles. The first-order chi connectivity index (χ1) is 8.95. The molecule has 1 aromatic rings. The van der Waals surface area contributed by atoms with Gasteiger partial charge in [-0.05, 0) is 12.1 Å². The van der Waals surface area contributed by atoms with Crippen LogP contribution in [0.1, 0.15) is 0 Å². The highest BCUT2D eigenvalue weighted by molar-refractivity contribution is 6.45. The first kappa shape index (κ1) is 14.7. The van der Waals surface area contributed by atoms with Crippen LogP contribution in [0.15, 0.2) is 23.3 Å². The smallest absolute Gasteiger partial charge is 0.387 e. The van der Waals surface area contributed by atoms with Gasteiger partial charge >= 0.3 is 6.61 Å². The van der Waals surface area contributed by atoms with E-state index >= 15 is 0 Å². The van der Waals surface area contributed by atoms with Crippen LogP contribution in [0, 0.1) is 16.7 Å². The SMILES string of the molecule is N#C/C(=N\Nc1cccc(Cl)c1OC(F)F)C(=N)N. The molecule has 19 heavy (non-hydrogen) atoms. The Balaban J connectivity index is 3.05. The molecule has 0 aliphatic carbocycles. The van der Waals surface area contributed by atoms with Crippen molar-refractivity contribution in [3.05, 3.63) is 23.2 Å². The topological polar surface area (TPSA) is 107 Å². The molecule has 0 aliphatic heterocycles. The minimum absolute atomic E-state index is 0.0156. The quantitative estimate of drug-likeness (QED) is 0.438. The first-order valence-electron chi connectivity index (χ1n) is 4.77. The predicted octanol–water partition coefficient (Wildman–Crippen LogP) is 2.17. The molecular weight excluding hydrogens is 280 g/mol. The van der Waals surface area contributed by atoms with Crippen molar-refractivity contribution in [1.82, 2.24) is 0 Å². The van der Waals surface area contributed by atoms with Gasteiger partial charge < -0.3 is 10.5 Å². The number of ether oxygens (including phenoxy) is 1. The van der Waals surface area contributed by atoms with E-state index in [4.69, 9.17) is 28.0 Å². The fraction of sp³-hybridized carbons (Fsp3) is 0.100. The Morgan fingerprint density at radius 1 is 1.58 bits per heavy atom. The monoisotopic (exact) mass is 287 g/mol. The molecule has 4 N–H and O–H groups in total. The summed E-state index contributed by atoms with van der Waals surface area (Å²) >= 11 is 5.71. The molecule has 0 atom stereocenters. The van der Waals surface area contributed by atoms with Gasteiger partial charge in [0.15, 0.2) is 11.6 Å². The summed E-state index contributed by atoms with van der Waals surface area (Å²) in [6.45, 7) is -3.06. The van der Waals surface area contributed by atoms with Crippen LogP contribution in [0.25, 0.3) is 0 Å². The van der Waals surface area contributed by atoms with Gasteiger partial charge in [0.2, 0.25) is 5.71 Å². The molecule has 0 saturated heterocycles. The average Bonchev–Trinajstić information content (AvgIpc) is 2.33. The summed E-state index contributed by atoms with van der Waals surface area (Å²) in [5.41, 5.74) is 6.98. The number of hydrazone groups is 1. The summed E-state index contributed by atoms with van der Waals surface area (Å²) in [5, 5.41) is 19.1. The zero-order valence-electron chi connectivity index (χ0n) is 9.32. The van der Waals surface area contributed by atoms with Gasteiger partial charge in [0.25, 0.3) is 0 Å². The minimum Gasteiger partial charge on any atom is -0.431 e. The van der Waals surface area contributed by atoms with Crippen LogP contribution >= 0.6 is 11.6 Å². The van der Waals surface area contributed by atoms with E-state index in [-0.39, 0.29) is 16.5 Å². The van der Waals surface area contributed by atoms with Crippen LogP contribution in [0.3, 0.4) is 0 Å². The zero-order valence-corrected chi connectivity index (χ0v) is 10.1. The number of amidine groups is 1. The van der Waals surface area contributed by atoms with E-state index in [1.165, 1.54) is 18.2 Å². The van der Waals surface area contributed by atoms with Crippen molar-refractivity contribution in [1.29, 1.82) is 10.7 Å². The van der Waals surface area contributed by atoms with E-state index in [2.05, 4.69) is 15.3 Å². The number of rotatable bonds is 5.